The van der Waals surface area contributed by atoms with Crippen LogP contribution in [0, 0.1) is 11.7 Å². The van der Waals surface area contributed by atoms with Gasteiger partial charge in [-0.25, -0.2) is 14.6 Å². The summed E-state index contributed by atoms with van der Waals surface area (Å²) in [6, 6.07) is 22.5. The number of nitrogens with one attached hydrogen (secondary N) is 3. The molecule has 7 rings (SSSR count). The van der Waals surface area contributed by atoms with Crippen LogP contribution in [0.25, 0.3) is 0 Å². The van der Waals surface area contributed by atoms with Crippen molar-refractivity contribution >= 4 is 80.1 Å². The van der Waals surface area contributed by atoms with Crippen molar-refractivity contribution in [2.45, 2.75) is 82.9 Å². The Bertz CT molecular complexity index is 2600. The highest BCUT2D eigenvalue weighted by Gasteiger charge is 2.44. The van der Waals surface area contributed by atoms with E-state index in [2.05, 4.69) is 31.0 Å². The Morgan fingerprint density at radius 3 is 2.31 bits per heavy atom. The lowest BCUT2D eigenvalue weighted by atomic mass is 10.1. The molecular formula is C51H57FN8O9S2. The van der Waals surface area contributed by atoms with Gasteiger partial charge in [-0.05, 0) is 117 Å². The number of rotatable bonds is 22. The molecule has 2 unspecified atom stereocenters. The number of benzene rings is 3. The van der Waals surface area contributed by atoms with Crippen molar-refractivity contribution in [1.29, 1.82) is 0 Å². The number of imide groups is 1. The van der Waals surface area contributed by atoms with Crippen LogP contribution in [-0.2, 0) is 40.1 Å². The third kappa shape index (κ3) is 15.1. The van der Waals surface area contributed by atoms with Crippen LogP contribution in [0.5, 0.6) is 5.75 Å². The van der Waals surface area contributed by atoms with Crippen LogP contribution in [0.4, 0.5) is 15.8 Å². The molecule has 0 spiro atoms. The largest absolute Gasteiger partial charge is 0.494 e. The first-order valence-corrected chi connectivity index (χ1v) is 25.8. The summed E-state index contributed by atoms with van der Waals surface area (Å²) >= 11 is 0. The second-order valence-electron chi connectivity index (χ2n) is 18.0. The minimum absolute atomic E-state index is 0.0202. The van der Waals surface area contributed by atoms with Crippen molar-refractivity contribution < 1.29 is 47.5 Å². The number of nitrogens with zero attached hydrogens (tertiary/aromatic N) is 5. The maximum Gasteiger partial charge on any atom is 0.333 e. The zero-order valence-electron chi connectivity index (χ0n) is 39.8. The van der Waals surface area contributed by atoms with E-state index in [9.17, 15) is 38.0 Å². The monoisotopic (exact) mass is 1010 g/mol. The van der Waals surface area contributed by atoms with Gasteiger partial charge in [0.25, 0.3) is 17.7 Å². The molecule has 0 bridgehead atoms. The van der Waals surface area contributed by atoms with Crippen molar-refractivity contribution in [2.24, 2.45) is 11.0 Å². The first kappa shape index (κ1) is 52.0. The predicted octanol–water partition coefficient (Wildman–Crippen LogP) is 6.79. The van der Waals surface area contributed by atoms with E-state index in [1.165, 1.54) is 6.07 Å². The predicted molar refractivity (Wildman–Crippen MR) is 269 cm³/mol. The third-order valence-electron chi connectivity index (χ3n) is 12.0. The average Bonchev–Trinajstić information content (AvgIpc) is 4.12. The maximum atomic E-state index is 15.0. The molecule has 374 valence electrons. The standard InChI is InChI=1S/C51H57FN8O9S2/c1-33(34-11-16-40(17-12-34)68-26-5-7-48(65)69-60-46(63)18-19-47(60)64)56-57-44(61)30-51(2,3)71-70-27-20-45(62)59-24-22-58(23-25-59)39-14-9-35(10-15-39)49(66)54-32-37-8-13-38(28-43(37)52)55-50(67)42-29-41(42)36-6-4-21-53-31-36/h4,6,8-17,21,28,31,41-42H,5,7,18-20,22-27,29-30,32H2,1-3H3,(H,54,66)(H,55,67)(H,57,61)/b56-33+. The molecule has 0 radical (unpaired) electrons. The van der Waals surface area contributed by atoms with E-state index in [0.29, 0.717) is 78.1 Å². The van der Waals surface area contributed by atoms with Crippen molar-refractivity contribution in [3.63, 3.8) is 0 Å². The number of pyridine rings is 1. The summed E-state index contributed by atoms with van der Waals surface area (Å²) in [7, 11) is 3.11. The lowest BCUT2D eigenvalue weighted by Crippen LogP contribution is -2.48. The number of halogens is 1. The quantitative estimate of drug-likeness (QED) is 0.0244. The molecule has 2 saturated heterocycles. The van der Waals surface area contributed by atoms with E-state index in [-0.39, 0.29) is 74.3 Å². The summed E-state index contributed by atoms with van der Waals surface area (Å²) in [6.07, 6.45) is 5.14. The number of piperazine rings is 1. The lowest BCUT2D eigenvalue weighted by Gasteiger charge is -2.36. The van der Waals surface area contributed by atoms with Gasteiger partial charge in [-0.15, -0.1) is 5.06 Å². The van der Waals surface area contributed by atoms with Crippen molar-refractivity contribution in [2.75, 3.05) is 48.8 Å². The minimum atomic E-state index is -0.681. The maximum absolute atomic E-state index is 15.0. The highest BCUT2D eigenvalue weighted by atomic mass is 33.1. The van der Waals surface area contributed by atoms with Crippen LogP contribution in [-0.4, -0.2) is 105 Å². The first-order chi connectivity index (χ1) is 34.1. The van der Waals surface area contributed by atoms with Gasteiger partial charge in [0.2, 0.25) is 17.7 Å². The fraction of sp³-hybridized carbons (Fsp3) is 0.392. The molecule has 3 aliphatic rings. The molecule has 4 aromatic rings. The molecule has 1 saturated carbocycles. The number of amides is 6. The molecule has 71 heavy (non-hydrogen) atoms. The normalized spacial score (nSPS) is 16.9. The Morgan fingerprint density at radius 1 is 0.901 bits per heavy atom. The smallest absolute Gasteiger partial charge is 0.333 e. The van der Waals surface area contributed by atoms with E-state index in [1.54, 1.807) is 89.4 Å². The zero-order valence-corrected chi connectivity index (χ0v) is 41.5. The number of hydrogen-bond acceptors (Lipinski definition) is 14. The SMILES string of the molecule is C/C(=N\NC(=O)CC(C)(C)SSCCC(=O)N1CCN(c2ccc(C(=O)NCc3ccc(NC(=O)C4CC4c4cccnc4)cc3F)cc2)CC1)c1ccc(OCCCC(=O)ON2C(=O)CCC2=O)cc1. The summed E-state index contributed by atoms with van der Waals surface area (Å²) in [5.74, 6) is -1.83. The Hall–Kier alpha value is -6.80. The van der Waals surface area contributed by atoms with Crippen LogP contribution in [0.1, 0.15) is 98.7 Å². The molecule has 3 aromatic carbocycles. The van der Waals surface area contributed by atoms with E-state index in [4.69, 9.17) is 9.57 Å². The fourth-order valence-corrected chi connectivity index (χ4v) is 10.4. The second-order valence-corrected chi connectivity index (χ2v) is 21.1. The lowest BCUT2D eigenvalue weighted by molar-refractivity contribution is -0.197. The van der Waals surface area contributed by atoms with Gasteiger partial charge >= 0.3 is 5.97 Å². The zero-order chi connectivity index (χ0) is 50.5. The van der Waals surface area contributed by atoms with E-state index in [1.807, 2.05) is 43.0 Å². The van der Waals surface area contributed by atoms with Gasteiger partial charge in [-0.1, -0.05) is 33.7 Å². The topological polar surface area (TPSA) is 209 Å². The summed E-state index contributed by atoms with van der Waals surface area (Å²) in [5.41, 5.74) is 7.05. The Kier molecular flexibility index (Phi) is 17.8. The van der Waals surface area contributed by atoms with Crippen molar-refractivity contribution in [3.8, 4) is 5.75 Å². The van der Waals surface area contributed by atoms with E-state index < -0.39 is 28.3 Å². The van der Waals surface area contributed by atoms with Crippen LogP contribution in [0.3, 0.4) is 0 Å². The second kappa shape index (κ2) is 24.4. The molecule has 3 fully saturated rings. The molecule has 1 aromatic heterocycles. The number of carbonyl (C=O) groups is 7. The molecule has 2 atom stereocenters. The average molecular weight is 1010 g/mol. The Labute approximate surface area is 419 Å². The van der Waals surface area contributed by atoms with Crippen molar-refractivity contribution in [1.82, 2.24) is 25.7 Å². The van der Waals surface area contributed by atoms with Crippen LogP contribution in [0.2, 0.25) is 0 Å². The van der Waals surface area contributed by atoms with Gasteiger partial charge < -0.3 is 30.0 Å². The Balaban J connectivity index is 0.736. The van der Waals surface area contributed by atoms with E-state index in [0.717, 1.165) is 23.2 Å². The van der Waals surface area contributed by atoms with Gasteiger partial charge in [-0.2, -0.15) is 5.10 Å². The third-order valence-corrected chi connectivity index (χ3v) is 15.3. The Morgan fingerprint density at radius 2 is 1.62 bits per heavy atom. The molecule has 20 heteroatoms. The first-order valence-electron chi connectivity index (χ1n) is 23.5. The molecule has 1 aliphatic carbocycles. The van der Waals surface area contributed by atoms with Gasteiger partial charge in [0.05, 0.1) is 18.7 Å². The summed E-state index contributed by atoms with van der Waals surface area (Å²) < 4.78 is 20.3. The molecule has 2 aliphatic heterocycles. The number of hydroxylamine groups is 2. The van der Waals surface area contributed by atoms with Crippen LogP contribution >= 0.6 is 21.6 Å². The molecule has 17 nitrogen and oxygen atoms in total. The summed E-state index contributed by atoms with van der Waals surface area (Å²) in [5, 5.41) is 10.4. The number of ether oxygens (including phenoxy) is 1. The highest BCUT2D eigenvalue weighted by molar-refractivity contribution is 8.77. The number of carbonyl (C=O) groups excluding carboxylic acids is 7. The number of hydrazone groups is 1. The van der Waals surface area contributed by atoms with Crippen LogP contribution in [0.15, 0.2) is 96.4 Å². The minimum Gasteiger partial charge on any atom is -0.494 e. The van der Waals surface area contributed by atoms with Gasteiger partial charge in [0, 0.05) is 110 Å². The van der Waals surface area contributed by atoms with Gasteiger partial charge in [0.1, 0.15) is 11.6 Å². The summed E-state index contributed by atoms with van der Waals surface area (Å²) in [6.45, 7) is 8.34. The van der Waals surface area contributed by atoms with Gasteiger partial charge in [0.15, 0.2) is 0 Å². The molecule has 3 N–H and O–H groups in total. The number of aromatic nitrogens is 1. The fourth-order valence-electron chi connectivity index (χ4n) is 7.93. The van der Waals surface area contributed by atoms with E-state index >= 15 is 0 Å². The van der Waals surface area contributed by atoms with Gasteiger partial charge in [-0.3, -0.25) is 33.8 Å². The highest BCUT2D eigenvalue weighted by Crippen LogP contribution is 2.47. The molecular weight excluding hydrogens is 952 g/mol. The summed E-state index contributed by atoms with van der Waals surface area (Å²) in [4.78, 5) is 99.8. The van der Waals surface area contributed by atoms with Crippen LogP contribution < -0.4 is 25.7 Å². The van der Waals surface area contributed by atoms with Crippen molar-refractivity contribution in [3.05, 3.63) is 119 Å². The number of hydrogen-bond donors (Lipinski definition) is 3. The molecule has 3 heterocycles. The number of anilines is 2. The molecule has 6 amide bonds.